The first-order valence-corrected chi connectivity index (χ1v) is 4.22. The maximum Gasteiger partial charge on any atom is 0.243 e. The molecule has 1 N–H and O–H groups in total. The molecular weight excluding hydrogens is 167 g/mol. The van der Waals surface area contributed by atoms with Crippen LogP contribution in [-0.4, -0.2) is 30.5 Å². The van der Waals surface area contributed by atoms with E-state index in [1.165, 1.54) is 7.05 Å². The zero-order valence-corrected chi connectivity index (χ0v) is 7.37. The SMILES string of the molecule is CCS/C(F)=N\CC(=O)NC. The molecule has 1 amide bonds. The Hall–Kier alpha value is -0.580. The Kier molecular flexibility index (Phi) is 5.83. The Morgan fingerprint density at radius 1 is 1.73 bits per heavy atom. The number of carbonyl (C=O) groups is 1. The molecule has 0 fully saturated rings. The van der Waals surface area contributed by atoms with E-state index in [1.54, 1.807) is 0 Å². The average Bonchev–Trinajstić information content (AvgIpc) is 2.01. The second-order valence-corrected chi connectivity index (χ2v) is 2.88. The van der Waals surface area contributed by atoms with Crippen molar-refractivity contribution < 1.29 is 9.18 Å². The molecule has 0 atom stereocenters. The number of thioether (sulfide) groups is 1. The second-order valence-electron chi connectivity index (χ2n) is 1.68. The lowest BCUT2D eigenvalue weighted by Gasteiger charge is -1.93. The number of hydrogen-bond acceptors (Lipinski definition) is 3. The minimum atomic E-state index is -0.531. The number of nitrogens with zero attached hydrogens (tertiary/aromatic N) is 1. The molecule has 0 bridgehead atoms. The molecule has 0 aliphatic carbocycles. The van der Waals surface area contributed by atoms with Crippen LogP contribution in [0.2, 0.25) is 0 Å². The molecule has 0 aromatic rings. The summed E-state index contributed by atoms with van der Waals surface area (Å²) in [5, 5.41) is 1.81. The third-order valence-electron chi connectivity index (χ3n) is 0.889. The van der Waals surface area contributed by atoms with E-state index in [9.17, 15) is 9.18 Å². The summed E-state index contributed by atoms with van der Waals surface area (Å²) >= 11 is 0.987. The van der Waals surface area contributed by atoms with Gasteiger partial charge in [0.25, 0.3) is 0 Å². The highest BCUT2D eigenvalue weighted by atomic mass is 32.2. The molecule has 0 saturated heterocycles. The minimum absolute atomic E-state index is 0.130. The highest BCUT2D eigenvalue weighted by molar-refractivity contribution is 8.13. The van der Waals surface area contributed by atoms with Gasteiger partial charge >= 0.3 is 0 Å². The normalized spacial score (nSPS) is 11.4. The molecule has 0 heterocycles. The predicted octanol–water partition coefficient (Wildman–Crippen LogP) is 0.811. The lowest BCUT2D eigenvalue weighted by Crippen LogP contribution is -2.20. The van der Waals surface area contributed by atoms with Crippen LogP contribution < -0.4 is 5.32 Å². The van der Waals surface area contributed by atoms with E-state index in [-0.39, 0.29) is 12.5 Å². The summed E-state index contributed by atoms with van der Waals surface area (Å²) in [7, 11) is 1.49. The molecule has 11 heavy (non-hydrogen) atoms. The zero-order valence-electron chi connectivity index (χ0n) is 6.56. The van der Waals surface area contributed by atoms with Crippen molar-refractivity contribution in [3.05, 3.63) is 0 Å². The standard InChI is InChI=1S/C6H11FN2OS/c1-3-11-6(7)9-4-5(10)8-2/h3-4H2,1-2H3,(H,8,10)/b9-6-. The van der Waals surface area contributed by atoms with E-state index in [0.717, 1.165) is 11.8 Å². The van der Waals surface area contributed by atoms with Crippen LogP contribution >= 0.6 is 11.8 Å². The topological polar surface area (TPSA) is 41.5 Å². The Morgan fingerprint density at radius 3 is 2.82 bits per heavy atom. The van der Waals surface area contributed by atoms with E-state index < -0.39 is 5.30 Å². The van der Waals surface area contributed by atoms with Gasteiger partial charge in [-0.15, -0.1) is 0 Å². The molecule has 5 heteroatoms. The van der Waals surface area contributed by atoms with Crippen LogP contribution in [0.4, 0.5) is 4.39 Å². The third-order valence-corrected chi connectivity index (χ3v) is 1.55. The summed E-state index contributed by atoms with van der Waals surface area (Å²) in [4.78, 5) is 13.9. The lowest BCUT2D eigenvalue weighted by atomic mass is 10.6. The lowest BCUT2D eigenvalue weighted by molar-refractivity contribution is -0.119. The fraction of sp³-hybridized carbons (Fsp3) is 0.667. The average molecular weight is 178 g/mol. The fourth-order valence-electron chi connectivity index (χ4n) is 0.378. The van der Waals surface area contributed by atoms with Crippen LogP contribution in [0.3, 0.4) is 0 Å². The maximum atomic E-state index is 12.4. The molecule has 0 spiro atoms. The minimum Gasteiger partial charge on any atom is -0.358 e. The van der Waals surface area contributed by atoms with Crippen molar-refractivity contribution in [2.75, 3.05) is 19.3 Å². The number of amides is 1. The largest absolute Gasteiger partial charge is 0.358 e. The van der Waals surface area contributed by atoms with Gasteiger partial charge in [0, 0.05) is 7.05 Å². The molecule has 0 radical (unpaired) electrons. The summed E-state index contributed by atoms with van der Waals surface area (Å²) in [5.41, 5.74) is 0. The van der Waals surface area contributed by atoms with Crippen molar-refractivity contribution in [2.45, 2.75) is 6.92 Å². The van der Waals surface area contributed by atoms with Crippen molar-refractivity contribution in [3.8, 4) is 0 Å². The number of halogens is 1. The van der Waals surface area contributed by atoms with Gasteiger partial charge in [-0.2, -0.15) is 4.39 Å². The van der Waals surface area contributed by atoms with Gasteiger partial charge in [0.2, 0.25) is 11.2 Å². The molecular formula is C6H11FN2OS. The van der Waals surface area contributed by atoms with Crippen molar-refractivity contribution in [2.24, 2.45) is 4.99 Å². The van der Waals surface area contributed by atoms with Crippen molar-refractivity contribution in [3.63, 3.8) is 0 Å². The van der Waals surface area contributed by atoms with Gasteiger partial charge in [-0.3, -0.25) is 4.79 Å². The highest BCUT2D eigenvalue weighted by Crippen LogP contribution is 2.03. The van der Waals surface area contributed by atoms with Gasteiger partial charge in [-0.25, -0.2) is 4.99 Å². The fourth-order valence-corrected chi connectivity index (χ4v) is 0.772. The first-order chi connectivity index (χ1) is 5.20. The van der Waals surface area contributed by atoms with E-state index in [0.29, 0.717) is 5.75 Å². The van der Waals surface area contributed by atoms with E-state index in [4.69, 9.17) is 0 Å². The number of rotatable bonds is 3. The van der Waals surface area contributed by atoms with Crippen molar-refractivity contribution in [1.29, 1.82) is 0 Å². The number of carbonyl (C=O) groups excluding carboxylic acids is 1. The molecule has 64 valence electrons. The van der Waals surface area contributed by atoms with E-state index >= 15 is 0 Å². The summed E-state index contributed by atoms with van der Waals surface area (Å²) in [6.07, 6.45) is 0. The quantitative estimate of drug-likeness (QED) is 0.513. The molecule has 0 aromatic carbocycles. The van der Waals surface area contributed by atoms with E-state index in [1.807, 2.05) is 6.92 Å². The van der Waals surface area contributed by atoms with Gasteiger partial charge in [0.05, 0.1) is 0 Å². The number of likely N-dealkylation sites (N-methyl/N-ethyl adjacent to an activating group) is 1. The number of aliphatic imine (C=N–C) groups is 1. The molecule has 0 aliphatic heterocycles. The monoisotopic (exact) mass is 178 g/mol. The van der Waals surface area contributed by atoms with E-state index in [2.05, 4.69) is 10.3 Å². The first-order valence-electron chi connectivity index (χ1n) is 3.24. The predicted molar refractivity (Wildman–Crippen MR) is 45.6 cm³/mol. The molecule has 0 unspecified atom stereocenters. The van der Waals surface area contributed by atoms with Crippen LogP contribution in [0.25, 0.3) is 0 Å². The summed E-state index contributed by atoms with van der Waals surface area (Å²) in [6.45, 7) is 1.69. The molecule has 0 rings (SSSR count). The van der Waals surface area contributed by atoms with Crippen molar-refractivity contribution in [1.82, 2.24) is 5.32 Å². The second kappa shape index (κ2) is 6.15. The Balaban J connectivity index is 3.63. The molecule has 0 aromatic heterocycles. The Bertz CT molecular complexity index is 161. The molecule has 0 aliphatic rings. The summed E-state index contributed by atoms with van der Waals surface area (Å²) in [5.74, 6) is 0.347. The van der Waals surface area contributed by atoms with Crippen LogP contribution in [-0.2, 0) is 4.79 Å². The number of nitrogens with one attached hydrogen (secondary N) is 1. The summed E-state index contributed by atoms with van der Waals surface area (Å²) in [6, 6.07) is 0. The molecule has 3 nitrogen and oxygen atoms in total. The zero-order chi connectivity index (χ0) is 8.69. The number of hydrogen-bond donors (Lipinski definition) is 1. The Morgan fingerprint density at radius 2 is 2.36 bits per heavy atom. The summed E-state index contributed by atoms with van der Waals surface area (Å²) < 4.78 is 12.4. The van der Waals surface area contributed by atoms with Crippen LogP contribution in [0.5, 0.6) is 0 Å². The van der Waals surface area contributed by atoms with Gasteiger partial charge < -0.3 is 5.32 Å². The van der Waals surface area contributed by atoms with Crippen LogP contribution in [0.15, 0.2) is 4.99 Å². The van der Waals surface area contributed by atoms with Gasteiger partial charge in [0.1, 0.15) is 6.54 Å². The van der Waals surface area contributed by atoms with Gasteiger partial charge in [-0.1, -0.05) is 18.7 Å². The van der Waals surface area contributed by atoms with Crippen molar-refractivity contribution >= 4 is 23.0 Å². The van der Waals surface area contributed by atoms with Crippen LogP contribution in [0.1, 0.15) is 6.92 Å². The maximum absolute atomic E-state index is 12.4. The van der Waals surface area contributed by atoms with Gasteiger partial charge in [0.15, 0.2) is 0 Å². The van der Waals surface area contributed by atoms with Crippen LogP contribution in [0, 0.1) is 0 Å². The molecule has 0 saturated carbocycles. The third kappa shape index (κ3) is 5.84. The smallest absolute Gasteiger partial charge is 0.243 e. The first kappa shape index (κ1) is 10.4. The Labute approximate surface area is 69.5 Å². The highest BCUT2D eigenvalue weighted by Gasteiger charge is 1.97. The van der Waals surface area contributed by atoms with Gasteiger partial charge in [-0.05, 0) is 5.75 Å².